The molecular formula is C30H36N4O6. The molecule has 1 aliphatic rings. The number of nitrogens with zero attached hydrogens (tertiary/aromatic N) is 2. The molecule has 212 valence electrons. The number of rotatable bonds is 11. The summed E-state index contributed by atoms with van der Waals surface area (Å²) in [5.74, 6) is -0.893. The van der Waals surface area contributed by atoms with Crippen LogP contribution < -0.4 is 10.6 Å². The Hall–Kier alpha value is -4.18. The molecule has 0 spiro atoms. The summed E-state index contributed by atoms with van der Waals surface area (Å²) >= 11 is 0. The predicted octanol–water partition coefficient (Wildman–Crippen LogP) is 3.71. The van der Waals surface area contributed by atoms with Crippen molar-refractivity contribution in [2.75, 3.05) is 6.54 Å². The fourth-order valence-corrected chi connectivity index (χ4v) is 4.94. The van der Waals surface area contributed by atoms with Gasteiger partial charge in [0.05, 0.1) is 6.04 Å². The van der Waals surface area contributed by atoms with Crippen LogP contribution in [0.4, 0.5) is 4.79 Å². The van der Waals surface area contributed by atoms with Crippen molar-refractivity contribution in [2.45, 2.75) is 64.3 Å². The summed E-state index contributed by atoms with van der Waals surface area (Å²) in [5.41, 5.74) is 3.38. The normalized spacial score (nSPS) is 15.2. The quantitative estimate of drug-likeness (QED) is 0.286. The van der Waals surface area contributed by atoms with Crippen LogP contribution in [0.15, 0.2) is 65.3 Å². The number of hydrogen-bond acceptors (Lipinski definition) is 6. The molecular weight excluding hydrogens is 512 g/mol. The van der Waals surface area contributed by atoms with Gasteiger partial charge in [-0.05, 0) is 48.3 Å². The van der Waals surface area contributed by atoms with Crippen LogP contribution >= 0.6 is 0 Å². The lowest BCUT2D eigenvalue weighted by Crippen LogP contribution is -2.51. The summed E-state index contributed by atoms with van der Waals surface area (Å²) < 4.78 is 5.54. The molecule has 3 atom stereocenters. The summed E-state index contributed by atoms with van der Waals surface area (Å²) in [4.78, 5) is 43.6. The number of carboxylic acid groups (broad SMARTS) is 1. The number of hydrogen-bond donors (Lipinski definition) is 4. The Kier molecular flexibility index (Phi) is 9.55. The van der Waals surface area contributed by atoms with Crippen LogP contribution in [-0.4, -0.2) is 56.6 Å². The first-order chi connectivity index (χ1) is 19.2. The highest BCUT2D eigenvalue weighted by molar-refractivity contribution is 5.92. The maximum absolute atomic E-state index is 13.2. The van der Waals surface area contributed by atoms with E-state index in [1.807, 2.05) is 62.4 Å². The smallest absolute Gasteiger partial charge is 0.405 e. The van der Waals surface area contributed by atoms with E-state index >= 15 is 0 Å². The van der Waals surface area contributed by atoms with Crippen molar-refractivity contribution in [3.63, 3.8) is 0 Å². The summed E-state index contributed by atoms with van der Waals surface area (Å²) in [5, 5.41) is 25.6. The van der Waals surface area contributed by atoms with Gasteiger partial charge in [0.15, 0.2) is 11.8 Å². The van der Waals surface area contributed by atoms with Crippen molar-refractivity contribution >= 4 is 17.9 Å². The molecule has 3 unspecified atom stereocenters. The van der Waals surface area contributed by atoms with Crippen molar-refractivity contribution < 1.29 is 29.0 Å². The maximum atomic E-state index is 13.2. The minimum Gasteiger partial charge on any atom is -0.465 e. The zero-order valence-electron chi connectivity index (χ0n) is 22.7. The first-order valence-electron chi connectivity index (χ1n) is 13.5. The van der Waals surface area contributed by atoms with Gasteiger partial charge in [-0.1, -0.05) is 68.4 Å². The van der Waals surface area contributed by atoms with Gasteiger partial charge in [-0.3, -0.25) is 9.59 Å². The van der Waals surface area contributed by atoms with Crippen LogP contribution in [0, 0.1) is 5.92 Å². The fourth-order valence-electron chi connectivity index (χ4n) is 4.94. The SMILES string of the molecule is CC(C)CC(NC(=O)O)C(=O)NC(CCc1ccccc1)C(O)c1nc(C(=O)N2CCc3ccccc3C2)co1. The molecule has 10 heteroatoms. The Labute approximate surface area is 233 Å². The van der Waals surface area contributed by atoms with Crippen LogP contribution in [0.1, 0.15) is 65.9 Å². The highest BCUT2D eigenvalue weighted by atomic mass is 16.4. The lowest BCUT2D eigenvalue weighted by Gasteiger charge is -2.28. The molecule has 0 bridgehead atoms. The third-order valence-corrected chi connectivity index (χ3v) is 7.03. The lowest BCUT2D eigenvalue weighted by atomic mass is 9.99. The standard InChI is InChI=1S/C30H36N4O6/c1-19(2)16-24(33-30(38)39)27(36)31-23(13-12-20-8-4-3-5-9-20)26(35)28-32-25(18-40-28)29(37)34-15-14-21-10-6-7-11-22(21)17-34/h3-11,18-19,23-24,26,33,35H,12-17H2,1-2H3,(H,31,36)(H,38,39). The predicted molar refractivity (Wildman–Crippen MR) is 147 cm³/mol. The largest absolute Gasteiger partial charge is 0.465 e. The molecule has 0 aliphatic carbocycles. The average molecular weight is 549 g/mol. The Morgan fingerprint density at radius 2 is 1.73 bits per heavy atom. The van der Waals surface area contributed by atoms with E-state index in [9.17, 15) is 24.6 Å². The van der Waals surface area contributed by atoms with Crippen LogP contribution in [0.5, 0.6) is 0 Å². The Morgan fingerprint density at radius 1 is 1.02 bits per heavy atom. The number of benzene rings is 2. The van der Waals surface area contributed by atoms with E-state index in [0.29, 0.717) is 25.9 Å². The number of aryl methyl sites for hydroxylation is 1. The molecule has 0 saturated carbocycles. The molecule has 10 nitrogen and oxygen atoms in total. The number of aliphatic hydroxyl groups excluding tert-OH is 1. The molecule has 4 rings (SSSR count). The molecule has 2 heterocycles. The monoisotopic (exact) mass is 548 g/mol. The second-order valence-corrected chi connectivity index (χ2v) is 10.5. The first kappa shape index (κ1) is 28.8. The van der Waals surface area contributed by atoms with Crippen molar-refractivity contribution in [3.8, 4) is 0 Å². The zero-order chi connectivity index (χ0) is 28.6. The van der Waals surface area contributed by atoms with Gasteiger partial charge in [0, 0.05) is 13.1 Å². The van der Waals surface area contributed by atoms with E-state index in [-0.39, 0.29) is 29.8 Å². The molecule has 1 aromatic heterocycles. The van der Waals surface area contributed by atoms with Crippen molar-refractivity contribution in [2.24, 2.45) is 5.92 Å². The number of amides is 3. The molecule has 4 N–H and O–H groups in total. The number of nitrogens with one attached hydrogen (secondary N) is 2. The maximum Gasteiger partial charge on any atom is 0.405 e. The topological polar surface area (TPSA) is 145 Å². The molecule has 0 saturated heterocycles. The number of aromatic nitrogens is 1. The van der Waals surface area contributed by atoms with Gasteiger partial charge in [0.2, 0.25) is 11.8 Å². The highest BCUT2D eigenvalue weighted by Crippen LogP contribution is 2.24. The van der Waals surface area contributed by atoms with Crippen LogP contribution in [0.3, 0.4) is 0 Å². The number of oxazole rings is 1. The van der Waals surface area contributed by atoms with Crippen LogP contribution in [-0.2, 0) is 24.2 Å². The molecule has 40 heavy (non-hydrogen) atoms. The van der Waals surface area contributed by atoms with Crippen molar-refractivity contribution in [1.29, 1.82) is 0 Å². The van der Waals surface area contributed by atoms with Gasteiger partial charge in [-0.25, -0.2) is 9.78 Å². The van der Waals surface area contributed by atoms with E-state index in [1.165, 1.54) is 11.8 Å². The molecule has 1 aliphatic heterocycles. The van der Waals surface area contributed by atoms with E-state index < -0.39 is 30.2 Å². The summed E-state index contributed by atoms with van der Waals surface area (Å²) in [7, 11) is 0. The number of carbonyl (C=O) groups excluding carboxylic acids is 2. The minimum absolute atomic E-state index is 0.0531. The van der Waals surface area contributed by atoms with Gasteiger partial charge in [0.1, 0.15) is 12.3 Å². The van der Waals surface area contributed by atoms with E-state index in [2.05, 4.69) is 21.7 Å². The first-order valence-corrected chi connectivity index (χ1v) is 13.5. The van der Waals surface area contributed by atoms with Gasteiger partial charge >= 0.3 is 6.09 Å². The third-order valence-electron chi connectivity index (χ3n) is 7.03. The van der Waals surface area contributed by atoms with Gasteiger partial charge in [0.25, 0.3) is 5.91 Å². The molecule has 0 fully saturated rings. The van der Waals surface area contributed by atoms with Gasteiger partial charge in [-0.2, -0.15) is 0 Å². The van der Waals surface area contributed by atoms with Gasteiger partial charge < -0.3 is 30.2 Å². The lowest BCUT2D eigenvalue weighted by molar-refractivity contribution is -0.125. The van der Waals surface area contributed by atoms with Crippen LogP contribution in [0.25, 0.3) is 0 Å². The number of aliphatic hydroxyl groups is 1. The van der Waals surface area contributed by atoms with Gasteiger partial charge in [-0.15, -0.1) is 0 Å². The Balaban J connectivity index is 1.50. The van der Waals surface area contributed by atoms with E-state index in [4.69, 9.17) is 4.42 Å². The summed E-state index contributed by atoms with van der Waals surface area (Å²) in [6.45, 7) is 4.78. The van der Waals surface area contributed by atoms with E-state index in [0.717, 1.165) is 17.5 Å². The molecule has 3 aromatic rings. The fraction of sp³-hybridized carbons (Fsp3) is 0.400. The molecule has 0 radical (unpaired) electrons. The second-order valence-electron chi connectivity index (χ2n) is 10.5. The minimum atomic E-state index is -1.36. The average Bonchev–Trinajstić information content (AvgIpc) is 3.44. The van der Waals surface area contributed by atoms with Crippen molar-refractivity contribution in [3.05, 3.63) is 89.1 Å². The van der Waals surface area contributed by atoms with E-state index in [1.54, 1.807) is 4.90 Å². The Morgan fingerprint density at radius 3 is 2.42 bits per heavy atom. The third kappa shape index (κ3) is 7.47. The highest BCUT2D eigenvalue weighted by Gasteiger charge is 2.32. The molecule has 3 amide bonds. The zero-order valence-corrected chi connectivity index (χ0v) is 22.7. The van der Waals surface area contributed by atoms with Crippen LogP contribution in [0.2, 0.25) is 0 Å². The molecule has 2 aromatic carbocycles. The van der Waals surface area contributed by atoms with Crippen molar-refractivity contribution in [1.82, 2.24) is 20.5 Å². The number of fused-ring (bicyclic) bond motifs is 1. The summed E-state index contributed by atoms with van der Waals surface area (Å²) in [6.07, 6.45) is 0.446. The second kappa shape index (κ2) is 13.3. The summed E-state index contributed by atoms with van der Waals surface area (Å²) in [6, 6.07) is 15.7. The number of carbonyl (C=O) groups is 3. The Bertz CT molecular complexity index is 1310.